The van der Waals surface area contributed by atoms with Crippen LogP contribution in [-0.2, 0) is 16.1 Å². The minimum Gasteiger partial charge on any atom is -0.370 e. The number of hydrogen-bond donors (Lipinski definition) is 2. The Balaban J connectivity index is 2.57. The molecule has 0 aliphatic rings. The zero-order chi connectivity index (χ0) is 17.8. The average Bonchev–Trinajstić information content (AvgIpc) is 2.62. The van der Waals surface area contributed by atoms with Crippen LogP contribution in [0.5, 0.6) is 0 Å². The van der Waals surface area contributed by atoms with Crippen molar-refractivity contribution in [1.82, 2.24) is 0 Å². The van der Waals surface area contributed by atoms with E-state index in [1.807, 2.05) is 0 Å². The van der Waals surface area contributed by atoms with E-state index in [1.165, 1.54) is 50.7 Å². The summed E-state index contributed by atoms with van der Waals surface area (Å²) in [5.74, 6) is 8.62. The maximum atomic E-state index is 11.7. The Bertz CT molecular complexity index is 532. The van der Waals surface area contributed by atoms with E-state index >= 15 is 0 Å². The van der Waals surface area contributed by atoms with Crippen LogP contribution in [0.15, 0.2) is 18.2 Å². The first-order valence-electron chi connectivity index (χ1n) is 8.59. The van der Waals surface area contributed by atoms with Gasteiger partial charge < -0.3 is 9.68 Å². The number of carbonyl (C=O) groups is 2. The van der Waals surface area contributed by atoms with E-state index in [4.69, 9.17) is 11.8 Å². The monoisotopic (exact) mass is 336 g/mol. The third-order valence-corrected chi connectivity index (χ3v) is 4.07. The minimum absolute atomic E-state index is 0.306. The fourth-order valence-corrected chi connectivity index (χ4v) is 2.71. The van der Waals surface area contributed by atoms with E-state index in [-0.39, 0.29) is 0 Å². The van der Waals surface area contributed by atoms with Gasteiger partial charge in [-0.1, -0.05) is 51.9 Å². The Hall–Kier alpha value is -1.92. The normalized spacial score (nSPS) is 10.5. The van der Waals surface area contributed by atoms with Crippen LogP contribution >= 0.6 is 0 Å². The van der Waals surface area contributed by atoms with Crippen LogP contribution in [0, 0.1) is 0 Å². The van der Waals surface area contributed by atoms with Crippen LogP contribution in [-0.4, -0.2) is 11.9 Å². The van der Waals surface area contributed by atoms with Crippen molar-refractivity contribution in [2.45, 2.75) is 64.7 Å². The SMILES string of the molecule is CCCCCCCCCCc1cc(C(=O)ON)ccc1C(=O)ON. The zero-order valence-electron chi connectivity index (χ0n) is 14.4. The topological polar surface area (TPSA) is 105 Å². The van der Waals surface area contributed by atoms with Crippen molar-refractivity contribution in [1.29, 1.82) is 0 Å². The van der Waals surface area contributed by atoms with Gasteiger partial charge in [-0.05, 0) is 36.6 Å². The van der Waals surface area contributed by atoms with Crippen molar-refractivity contribution in [3.8, 4) is 0 Å². The molecule has 1 rings (SSSR count). The summed E-state index contributed by atoms with van der Waals surface area (Å²) < 4.78 is 0. The molecule has 1 aromatic rings. The van der Waals surface area contributed by atoms with Crippen LogP contribution in [0.1, 0.15) is 84.6 Å². The number of nitrogens with two attached hydrogens (primary N) is 2. The van der Waals surface area contributed by atoms with E-state index in [0.29, 0.717) is 17.5 Å². The summed E-state index contributed by atoms with van der Waals surface area (Å²) in [6.45, 7) is 2.21. The van der Waals surface area contributed by atoms with E-state index in [9.17, 15) is 9.59 Å². The first-order chi connectivity index (χ1) is 11.6. The quantitative estimate of drug-likeness (QED) is 0.474. The highest BCUT2D eigenvalue weighted by molar-refractivity contribution is 5.94. The van der Waals surface area contributed by atoms with E-state index < -0.39 is 11.9 Å². The number of carbonyl (C=O) groups excluding carboxylic acids is 2. The molecule has 6 nitrogen and oxygen atoms in total. The Kier molecular flexibility index (Phi) is 9.72. The van der Waals surface area contributed by atoms with Crippen LogP contribution in [0.4, 0.5) is 0 Å². The number of unbranched alkanes of at least 4 members (excludes halogenated alkanes) is 7. The standard InChI is InChI=1S/C18H28N2O4/c1-2-3-4-5-6-7-8-9-10-14-13-15(17(21)23-19)11-12-16(14)18(22)24-20/h11-13H,2-10,19-20H2,1H3. The molecule has 6 heteroatoms. The Morgan fingerprint density at radius 1 is 0.875 bits per heavy atom. The fraction of sp³-hybridized carbons (Fsp3) is 0.556. The van der Waals surface area contributed by atoms with Crippen molar-refractivity contribution in [3.63, 3.8) is 0 Å². The summed E-state index contributed by atoms with van der Waals surface area (Å²) in [6.07, 6.45) is 10.2. The van der Waals surface area contributed by atoms with Gasteiger partial charge in [0.05, 0.1) is 11.1 Å². The fourth-order valence-electron chi connectivity index (χ4n) is 2.71. The first-order valence-corrected chi connectivity index (χ1v) is 8.59. The molecule has 0 spiro atoms. The second kappa shape index (κ2) is 11.6. The summed E-state index contributed by atoms with van der Waals surface area (Å²) in [5.41, 5.74) is 1.40. The lowest BCUT2D eigenvalue weighted by Gasteiger charge is -2.09. The molecular formula is C18H28N2O4. The molecule has 0 fully saturated rings. The molecule has 0 radical (unpaired) electrons. The Labute approximate surface area is 143 Å². The summed E-state index contributed by atoms with van der Waals surface area (Å²) >= 11 is 0. The molecule has 0 amide bonds. The number of rotatable bonds is 11. The highest BCUT2D eigenvalue weighted by Gasteiger charge is 2.15. The maximum Gasteiger partial charge on any atom is 0.356 e. The van der Waals surface area contributed by atoms with E-state index in [0.717, 1.165) is 18.4 Å². The lowest BCUT2D eigenvalue weighted by molar-refractivity contribution is 0.0488. The molecule has 0 saturated carbocycles. The lowest BCUT2D eigenvalue weighted by atomic mass is 9.98. The highest BCUT2D eigenvalue weighted by Crippen LogP contribution is 2.18. The van der Waals surface area contributed by atoms with Crippen LogP contribution in [0.3, 0.4) is 0 Å². The molecule has 0 unspecified atom stereocenters. The van der Waals surface area contributed by atoms with Gasteiger partial charge in [-0.3, -0.25) is 0 Å². The van der Waals surface area contributed by atoms with E-state index in [1.54, 1.807) is 6.07 Å². The second-order valence-corrected chi connectivity index (χ2v) is 5.91. The molecule has 134 valence electrons. The van der Waals surface area contributed by atoms with Gasteiger partial charge in [0.25, 0.3) is 0 Å². The van der Waals surface area contributed by atoms with Crippen molar-refractivity contribution >= 4 is 11.9 Å². The third-order valence-electron chi connectivity index (χ3n) is 4.07. The molecule has 1 aromatic carbocycles. The molecule has 24 heavy (non-hydrogen) atoms. The van der Waals surface area contributed by atoms with Crippen LogP contribution < -0.4 is 11.8 Å². The number of hydrogen-bond acceptors (Lipinski definition) is 6. The predicted molar refractivity (Wildman–Crippen MR) is 92.0 cm³/mol. The molecular weight excluding hydrogens is 308 g/mol. The molecule has 0 aromatic heterocycles. The van der Waals surface area contributed by atoms with Gasteiger partial charge in [-0.2, -0.15) is 11.8 Å². The Morgan fingerprint density at radius 3 is 2.04 bits per heavy atom. The maximum absolute atomic E-state index is 11.7. The van der Waals surface area contributed by atoms with Gasteiger partial charge in [0.1, 0.15) is 0 Å². The molecule has 0 heterocycles. The molecule has 0 bridgehead atoms. The van der Waals surface area contributed by atoms with Crippen molar-refractivity contribution < 1.29 is 19.3 Å². The van der Waals surface area contributed by atoms with Crippen molar-refractivity contribution in [2.75, 3.05) is 0 Å². The minimum atomic E-state index is -0.639. The summed E-state index contributed by atoms with van der Waals surface area (Å²) in [5, 5.41) is 0. The van der Waals surface area contributed by atoms with Gasteiger partial charge in [-0.15, -0.1) is 0 Å². The summed E-state index contributed by atoms with van der Waals surface area (Å²) in [6, 6.07) is 4.60. The average molecular weight is 336 g/mol. The van der Waals surface area contributed by atoms with Crippen LogP contribution in [0.2, 0.25) is 0 Å². The molecule has 0 aliphatic heterocycles. The second-order valence-electron chi connectivity index (χ2n) is 5.91. The van der Waals surface area contributed by atoms with Gasteiger partial charge in [-0.25, -0.2) is 9.59 Å². The summed E-state index contributed by atoms with van der Waals surface area (Å²) in [4.78, 5) is 31.8. The smallest absolute Gasteiger partial charge is 0.356 e. The Morgan fingerprint density at radius 2 is 1.46 bits per heavy atom. The largest absolute Gasteiger partial charge is 0.370 e. The highest BCUT2D eigenvalue weighted by atomic mass is 16.7. The van der Waals surface area contributed by atoms with Gasteiger partial charge >= 0.3 is 11.9 Å². The molecule has 4 N–H and O–H groups in total. The van der Waals surface area contributed by atoms with Gasteiger partial charge in [0.2, 0.25) is 0 Å². The summed E-state index contributed by atoms with van der Waals surface area (Å²) in [7, 11) is 0. The van der Waals surface area contributed by atoms with E-state index in [2.05, 4.69) is 16.6 Å². The van der Waals surface area contributed by atoms with Gasteiger partial charge in [0, 0.05) is 0 Å². The molecule has 0 atom stereocenters. The molecule has 0 saturated heterocycles. The number of aryl methyl sites for hydroxylation is 1. The lowest BCUT2D eigenvalue weighted by Crippen LogP contribution is -2.15. The third kappa shape index (κ3) is 6.68. The molecule has 0 aliphatic carbocycles. The zero-order valence-corrected chi connectivity index (χ0v) is 14.4. The van der Waals surface area contributed by atoms with Crippen LogP contribution in [0.25, 0.3) is 0 Å². The van der Waals surface area contributed by atoms with Gasteiger partial charge in [0.15, 0.2) is 0 Å². The van der Waals surface area contributed by atoms with Crippen molar-refractivity contribution in [3.05, 3.63) is 34.9 Å². The van der Waals surface area contributed by atoms with Crippen molar-refractivity contribution in [2.24, 2.45) is 11.8 Å². The first kappa shape index (κ1) is 20.1. The predicted octanol–water partition coefficient (Wildman–Crippen LogP) is 3.43. The number of benzene rings is 1.